The highest BCUT2D eigenvalue weighted by molar-refractivity contribution is 6.18. The van der Waals surface area contributed by atoms with E-state index in [0.717, 1.165) is 12.8 Å². The van der Waals surface area contributed by atoms with Crippen molar-refractivity contribution in [2.75, 3.05) is 12.4 Å². The molecule has 4 nitrogen and oxygen atoms in total. The number of carbonyl (C=O) groups is 1. The second-order valence-corrected chi connectivity index (χ2v) is 4.68. The van der Waals surface area contributed by atoms with E-state index in [1.807, 2.05) is 0 Å². The zero-order valence-corrected chi connectivity index (χ0v) is 11.5. The number of halogens is 1. The molecule has 0 saturated heterocycles. The fraction of sp³-hybridized carbons (Fsp3) is 0.538. The summed E-state index contributed by atoms with van der Waals surface area (Å²) >= 11 is 5.97. The van der Waals surface area contributed by atoms with Crippen LogP contribution >= 0.6 is 11.6 Å². The molecule has 1 aromatic rings. The number of hydrogen-bond donors (Lipinski definition) is 2. The molecule has 1 amide bonds. The van der Waals surface area contributed by atoms with Crippen molar-refractivity contribution in [1.29, 1.82) is 0 Å². The molecule has 0 fully saturated rings. The maximum Gasteiger partial charge on any atom is 0.255 e. The summed E-state index contributed by atoms with van der Waals surface area (Å²) in [7, 11) is 0. The van der Waals surface area contributed by atoms with Crippen LogP contribution in [0.25, 0.3) is 0 Å². The topological polar surface area (TPSA) is 62.2 Å². The van der Waals surface area contributed by atoms with Crippen molar-refractivity contribution in [2.45, 2.75) is 26.7 Å². The Hall–Kier alpha value is -1.29. The van der Waals surface area contributed by atoms with Gasteiger partial charge in [0, 0.05) is 24.0 Å². The molecular formula is C13H19ClN2O2. The monoisotopic (exact) mass is 270 g/mol. The highest BCUT2D eigenvalue weighted by Crippen LogP contribution is 2.27. The van der Waals surface area contributed by atoms with Gasteiger partial charge < -0.3 is 10.4 Å². The Balaban J connectivity index is 2.69. The second-order valence-electron chi connectivity index (χ2n) is 4.42. The summed E-state index contributed by atoms with van der Waals surface area (Å²) in [5.41, 5.74) is 0.153. The highest BCUT2D eigenvalue weighted by atomic mass is 35.5. The molecule has 0 aliphatic rings. The third-order valence-electron chi connectivity index (χ3n) is 3.45. The van der Waals surface area contributed by atoms with E-state index < -0.39 is 0 Å². The molecule has 2 N–H and O–H groups in total. The van der Waals surface area contributed by atoms with Gasteiger partial charge in [0.1, 0.15) is 5.75 Å². The van der Waals surface area contributed by atoms with Crippen LogP contribution in [0.2, 0.25) is 0 Å². The predicted molar refractivity (Wildman–Crippen MR) is 72.0 cm³/mol. The molecule has 0 spiro atoms. The van der Waals surface area contributed by atoms with Crippen LogP contribution in [-0.4, -0.2) is 28.4 Å². The molecule has 0 atom stereocenters. The maximum atomic E-state index is 11.9. The number of alkyl halides is 1. The van der Waals surface area contributed by atoms with E-state index in [2.05, 4.69) is 24.1 Å². The van der Waals surface area contributed by atoms with Crippen molar-refractivity contribution < 1.29 is 9.90 Å². The van der Waals surface area contributed by atoms with Gasteiger partial charge in [0.15, 0.2) is 0 Å². The normalized spacial score (nSPS) is 11.3. The third-order valence-corrected chi connectivity index (χ3v) is 4.02. The van der Waals surface area contributed by atoms with Crippen LogP contribution in [-0.2, 0) is 0 Å². The number of nitrogens with zero attached hydrogens (tertiary/aromatic N) is 1. The summed E-state index contributed by atoms with van der Waals surface area (Å²) in [6.45, 7) is 4.62. The molecule has 0 saturated carbocycles. The van der Waals surface area contributed by atoms with Gasteiger partial charge in [-0.05, 0) is 18.9 Å². The average Bonchev–Trinajstić information content (AvgIpc) is 2.41. The van der Waals surface area contributed by atoms with Crippen LogP contribution < -0.4 is 5.32 Å². The number of carbonyl (C=O) groups excluding carboxylic acids is 1. The average molecular weight is 271 g/mol. The lowest BCUT2D eigenvalue weighted by molar-refractivity contribution is 0.0929. The molecule has 0 unspecified atom stereocenters. The summed E-state index contributed by atoms with van der Waals surface area (Å²) < 4.78 is 0. The van der Waals surface area contributed by atoms with Crippen LogP contribution in [0, 0.1) is 5.41 Å². The number of hydrogen-bond acceptors (Lipinski definition) is 3. The predicted octanol–water partition coefficient (Wildman–Crippen LogP) is 2.56. The molecule has 0 aromatic carbocycles. The van der Waals surface area contributed by atoms with Gasteiger partial charge in [-0.2, -0.15) is 0 Å². The molecule has 1 heterocycles. The SMILES string of the molecule is CCC(CC)(CCl)CNC(=O)c1ccncc1O. The van der Waals surface area contributed by atoms with Crippen LogP contribution in [0.1, 0.15) is 37.0 Å². The first-order valence-corrected chi connectivity index (χ1v) is 6.59. The van der Waals surface area contributed by atoms with Gasteiger partial charge in [-0.15, -0.1) is 11.6 Å². The third kappa shape index (κ3) is 3.35. The smallest absolute Gasteiger partial charge is 0.255 e. The van der Waals surface area contributed by atoms with Gasteiger partial charge in [0.05, 0.1) is 11.8 Å². The fourth-order valence-electron chi connectivity index (χ4n) is 1.68. The molecule has 1 rings (SSSR count). The number of nitrogens with one attached hydrogen (secondary N) is 1. The molecule has 5 heteroatoms. The number of aromatic hydroxyl groups is 1. The Bertz CT molecular complexity index is 397. The fourth-order valence-corrected chi connectivity index (χ4v) is 2.15. The quantitative estimate of drug-likeness (QED) is 0.781. The van der Waals surface area contributed by atoms with E-state index in [1.54, 1.807) is 0 Å². The van der Waals surface area contributed by atoms with Crippen LogP contribution in [0.3, 0.4) is 0 Å². The zero-order valence-electron chi connectivity index (χ0n) is 10.7. The van der Waals surface area contributed by atoms with Crippen LogP contribution in [0.5, 0.6) is 5.75 Å². The van der Waals surface area contributed by atoms with E-state index in [0.29, 0.717) is 12.4 Å². The Morgan fingerprint density at radius 2 is 2.17 bits per heavy atom. The first-order chi connectivity index (χ1) is 8.58. The van der Waals surface area contributed by atoms with Crippen molar-refractivity contribution in [3.63, 3.8) is 0 Å². The summed E-state index contributed by atoms with van der Waals surface area (Å²) in [5.74, 6) is 0.0913. The van der Waals surface area contributed by atoms with E-state index in [4.69, 9.17) is 11.6 Å². The molecule has 100 valence electrons. The Morgan fingerprint density at radius 3 is 2.67 bits per heavy atom. The standard InChI is InChI=1S/C13H19ClN2O2/c1-3-13(4-2,8-14)9-16-12(18)10-5-6-15-7-11(10)17/h5-7,17H,3-4,8-9H2,1-2H3,(H,16,18). The lowest BCUT2D eigenvalue weighted by atomic mass is 9.84. The highest BCUT2D eigenvalue weighted by Gasteiger charge is 2.26. The molecule has 0 aliphatic heterocycles. The summed E-state index contributed by atoms with van der Waals surface area (Å²) in [6, 6.07) is 1.49. The molecule has 0 radical (unpaired) electrons. The Kier molecular flexibility index (Phi) is 5.41. The largest absolute Gasteiger partial charge is 0.505 e. The van der Waals surface area contributed by atoms with Crippen molar-refractivity contribution >= 4 is 17.5 Å². The number of aromatic nitrogens is 1. The van der Waals surface area contributed by atoms with E-state index in [-0.39, 0.29) is 22.6 Å². The summed E-state index contributed by atoms with van der Waals surface area (Å²) in [6.07, 6.45) is 4.53. The molecular weight excluding hydrogens is 252 g/mol. The van der Waals surface area contributed by atoms with Crippen molar-refractivity contribution in [3.8, 4) is 5.75 Å². The Morgan fingerprint density at radius 1 is 1.50 bits per heavy atom. The second kappa shape index (κ2) is 6.59. The Labute approximate surface area is 112 Å². The van der Waals surface area contributed by atoms with Crippen molar-refractivity contribution in [1.82, 2.24) is 10.3 Å². The van der Waals surface area contributed by atoms with E-state index in [1.165, 1.54) is 18.5 Å². The lowest BCUT2D eigenvalue weighted by Gasteiger charge is -2.29. The van der Waals surface area contributed by atoms with Gasteiger partial charge in [-0.1, -0.05) is 13.8 Å². The summed E-state index contributed by atoms with van der Waals surface area (Å²) in [5, 5.41) is 12.4. The minimum Gasteiger partial charge on any atom is -0.505 e. The molecule has 1 aromatic heterocycles. The van der Waals surface area contributed by atoms with Crippen LogP contribution in [0.4, 0.5) is 0 Å². The molecule has 0 aliphatic carbocycles. The minimum atomic E-state index is -0.300. The van der Waals surface area contributed by atoms with E-state index >= 15 is 0 Å². The minimum absolute atomic E-state index is 0.0835. The number of rotatable bonds is 6. The van der Waals surface area contributed by atoms with Gasteiger partial charge in [-0.25, -0.2) is 0 Å². The maximum absolute atomic E-state index is 11.9. The zero-order chi connectivity index (χ0) is 13.6. The molecule has 18 heavy (non-hydrogen) atoms. The van der Waals surface area contributed by atoms with Crippen molar-refractivity contribution in [2.24, 2.45) is 5.41 Å². The van der Waals surface area contributed by atoms with Crippen molar-refractivity contribution in [3.05, 3.63) is 24.0 Å². The van der Waals surface area contributed by atoms with Gasteiger partial charge in [-0.3, -0.25) is 9.78 Å². The van der Waals surface area contributed by atoms with Gasteiger partial charge >= 0.3 is 0 Å². The number of amides is 1. The summed E-state index contributed by atoms with van der Waals surface area (Å²) in [4.78, 5) is 15.7. The van der Waals surface area contributed by atoms with Gasteiger partial charge in [0.2, 0.25) is 0 Å². The molecule has 0 bridgehead atoms. The van der Waals surface area contributed by atoms with Crippen LogP contribution in [0.15, 0.2) is 18.5 Å². The van der Waals surface area contributed by atoms with E-state index in [9.17, 15) is 9.90 Å². The number of pyridine rings is 1. The van der Waals surface area contributed by atoms with Gasteiger partial charge in [0.25, 0.3) is 5.91 Å². The lowest BCUT2D eigenvalue weighted by Crippen LogP contribution is -2.38. The first-order valence-electron chi connectivity index (χ1n) is 6.05. The first kappa shape index (κ1) is 14.8.